The highest BCUT2D eigenvalue weighted by molar-refractivity contribution is 7.91. The first-order chi connectivity index (χ1) is 11.0. The summed E-state index contributed by atoms with van der Waals surface area (Å²) in [6, 6.07) is 7.24. The van der Waals surface area contributed by atoms with Crippen LogP contribution in [0.25, 0.3) is 10.9 Å². The van der Waals surface area contributed by atoms with Crippen molar-refractivity contribution in [2.75, 3.05) is 18.6 Å². The Balaban J connectivity index is 1.79. The quantitative estimate of drug-likeness (QED) is 0.516. The molecule has 1 aromatic carbocycles. The lowest BCUT2D eigenvalue weighted by Crippen LogP contribution is -2.25. The van der Waals surface area contributed by atoms with Crippen molar-refractivity contribution in [3.63, 3.8) is 0 Å². The van der Waals surface area contributed by atoms with Crippen LogP contribution in [0.1, 0.15) is 12.0 Å². The van der Waals surface area contributed by atoms with E-state index in [0.29, 0.717) is 17.1 Å². The van der Waals surface area contributed by atoms with E-state index in [1.807, 2.05) is 24.3 Å². The van der Waals surface area contributed by atoms with Gasteiger partial charge in [-0.25, -0.2) is 13.4 Å². The van der Waals surface area contributed by atoms with Crippen molar-refractivity contribution < 1.29 is 13.2 Å². The molecule has 0 saturated carbocycles. The first-order valence-electron chi connectivity index (χ1n) is 7.10. The number of hydrazone groups is 1. The van der Waals surface area contributed by atoms with Gasteiger partial charge in [-0.3, -0.25) is 0 Å². The number of aromatic nitrogens is 1. The molecule has 1 aliphatic heterocycles. The lowest BCUT2D eigenvalue weighted by atomic mass is 10.1. The summed E-state index contributed by atoms with van der Waals surface area (Å²) in [6.07, 6.45) is 2.12. The van der Waals surface area contributed by atoms with Crippen LogP contribution in [0.2, 0.25) is 5.15 Å². The zero-order chi connectivity index (χ0) is 16.4. The fourth-order valence-corrected chi connectivity index (χ4v) is 4.33. The average molecular weight is 354 g/mol. The van der Waals surface area contributed by atoms with E-state index in [1.165, 1.54) is 0 Å². The van der Waals surface area contributed by atoms with Crippen LogP contribution in [0.15, 0.2) is 29.4 Å². The number of nitrogens with one attached hydrogen (secondary N) is 1. The Hall–Kier alpha value is -1.86. The summed E-state index contributed by atoms with van der Waals surface area (Å²) in [5, 5.41) is 5.33. The molecule has 3 rings (SSSR count). The Bertz CT molecular complexity index is 868. The van der Waals surface area contributed by atoms with Gasteiger partial charge in [-0.2, -0.15) is 5.10 Å². The van der Waals surface area contributed by atoms with Crippen LogP contribution in [0.5, 0.6) is 5.75 Å². The molecule has 1 aromatic heterocycles. The monoisotopic (exact) mass is 353 g/mol. The van der Waals surface area contributed by atoms with Crippen LogP contribution < -0.4 is 10.2 Å². The summed E-state index contributed by atoms with van der Waals surface area (Å²) in [5.41, 5.74) is 4.28. The average Bonchev–Trinajstić information content (AvgIpc) is 2.86. The van der Waals surface area contributed by atoms with E-state index in [1.54, 1.807) is 13.3 Å². The zero-order valence-corrected chi connectivity index (χ0v) is 14.1. The zero-order valence-electron chi connectivity index (χ0n) is 12.5. The van der Waals surface area contributed by atoms with E-state index in [9.17, 15) is 8.42 Å². The topological polar surface area (TPSA) is 80.7 Å². The number of rotatable bonds is 4. The minimum absolute atomic E-state index is 0.116. The van der Waals surface area contributed by atoms with E-state index in [2.05, 4.69) is 15.5 Å². The van der Waals surface area contributed by atoms with Crippen LogP contribution >= 0.6 is 11.6 Å². The molecule has 1 N–H and O–H groups in total. The molecule has 0 aliphatic carbocycles. The second-order valence-electron chi connectivity index (χ2n) is 5.41. The summed E-state index contributed by atoms with van der Waals surface area (Å²) in [6.45, 7) is 0. The molecule has 1 atom stereocenters. The molecule has 1 fully saturated rings. The van der Waals surface area contributed by atoms with Crippen molar-refractivity contribution in [1.82, 2.24) is 10.4 Å². The summed E-state index contributed by atoms with van der Waals surface area (Å²) in [5.74, 6) is 1.06. The Kier molecular flexibility index (Phi) is 4.41. The first kappa shape index (κ1) is 16.0. The normalized spacial score (nSPS) is 20.2. The Morgan fingerprint density at radius 2 is 2.26 bits per heavy atom. The molecule has 1 unspecified atom stereocenters. The molecular formula is C15H16ClN3O3S. The molecule has 0 bridgehead atoms. The molecule has 122 valence electrons. The molecule has 1 aliphatic rings. The van der Waals surface area contributed by atoms with Crippen LogP contribution in [0.4, 0.5) is 0 Å². The number of methoxy groups -OCH3 is 1. The molecule has 0 amide bonds. The fourth-order valence-electron chi connectivity index (χ4n) is 2.47. The Morgan fingerprint density at radius 1 is 1.43 bits per heavy atom. The molecule has 6 nitrogen and oxygen atoms in total. The summed E-state index contributed by atoms with van der Waals surface area (Å²) >= 11 is 6.16. The predicted molar refractivity (Wildman–Crippen MR) is 91.1 cm³/mol. The van der Waals surface area contributed by atoms with Gasteiger partial charge < -0.3 is 10.2 Å². The van der Waals surface area contributed by atoms with Gasteiger partial charge >= 0.3 is 0 Å². The van der Waals surface area contributed by atoms with E-state index >= 15 is 0 Å². The molecule has 2 heterocycles. The van der Waals surface area contributed by atoms with Gasteiger partial charge in [0, 0.05) is 10.9 Å². The number of pyridine rings is 1. The van der Waals surface area contributed by atoms with Gasteiger partial charge in [0.15, 0.2) is 9.84 Å². The third kappa shape index (κ3) is 3.73. The molecule has 8 heteroatoms. The lowest BCUT2D eigenvalue weighted by molar-refractivity contribution is 0.415. The third-order valence-electron chi connectivity index (χ3n) is 3.70. The highest BCUT2D eigenvalue weighted by atomic mass is 35.5. The number of hydrogen-bond donors (Lipinski definition) is 1. The van der Waals surface area contributed by atoms with E-state index in [4.69, 9.17) is 16.3 Å². The maximum atomic E-state index is 11.4. The van der Waals surface area contributed by atoms with E-state index in [-0.39, 0.29) is 17.5 Å². The maximum absolute atomic E-state index is 11.4. The SMILES string of the molecule is COc1ccc2nc(Cl)c(/C=N/NC3CCS(=O)(=O)C3)cc2c1. The second-order valence-corrected chi connectivity index (χ2v) is 8.00. The first-order valence-corrected chi connectivity index (χ1v) is 9.30. The maximum Gasteiger partial charge on any atom is 0.152 e. The van der Waals surface area contributed by atoms with E-state index < -0.39 is 9.84 Å². The van der Waals surface area contributed by atoms with Gasteiger partial charge in [0.05, 0.1) is 36.4 Å². The standard InChI is InChI=1S/C15H16ClN3O3S/c1-22-13-2-3-14-10(7-13)6-11(15(16)18-14)8-17-19-12-4-5-23(20,21)9-12/h2-3,6-8,12,19H,4-5,9H2,1H3/b17-8+. The fraction of sp³-hybridized carbons (Fsp3) is 0.333. The van der Waals surface area contributed by atoms with Crippen molar-refractivity contribution in [3.05, 3.63) is 35.0 Å². The summed E-state index contributed by atoms with van der Waals surface area (Å²) < 4.78 is 28.0. The number of sulfone groups is 1. The van der Waals surface area contributed by atoms with Gasteiger partial charge in [0.2, 0.25) is 0 Å². The highest BCUT2D eigenvalue weighted by Crippen LogP contribution is 2.23. The largest absolute Gasteiger partial charge is 0.497 e. The van der Waals surface area contributed by atoms with Crippen LogP contribution in [0, 0.1) is 0 Å². The minimum atomic E-state index is -2.92. The van der Waals surface area contributed by atoms with Gasteiger partial charge in [0.1, 0.15) is 10.9 Å². The van der Waals surface area contributed by atoms with Crippen molar-refractivity contribution >= 4 is 38.6 Å². The van der Waals surface area contributed by atoms with Crippen molar-refractivity contribution in [2.24, 2.45) is 5.10 Å². The van der Waals surface area contributed by atoms with Gasteiger partial charge in [-0.15, -0.1) is 0 Å². The second kappa shape index (κ2) is 6.33. The molecule has 23 heavy (non-hydrogen) atoms. The van der Waals surface area contributed by atoms with Crippen molar-refractivity contribution in [1.29, 1.82) is 0 Å². The molecule has 1 saturated heterocycles. The molecule has 2 aromatic rings. The number of halogens is 1. The van der Waals surface area contributed by atoms with Crippen molar-refractivity contribution in [3.8, 4) is 5.75 Å². The molecule has 0 spiro atoms. The smallest absolute Gasteiger partial charge is 0.152 e. The predicted octanol–water partition coefficient (Wildman–Crippen LogP) is 2.01. The number of benzene rings is 1. The van der Waals surface area contributed by atoms with Crippen LogP contribution in [-0.2, 0) is 9.84 Å². The van der Waals surface area contributed by atoms with Gasteiger partial charge in [-0.05, 0) is 30.7 Å². The van der Waals surface area contributed by atoms with Crippen LogP contribution in [-0.4, -0.2) is 44.3 Å². The third-order valence-corrected chi connectivity index (χ3v) is 5.77. The number of nitrogens with zero attached hydrogens (tertiary/aromatic N) is 2. The summed E-state index contributed by atoms with van der Waals surface area (Å²) in [4.78, 5) is 4.32. The van der Waals surface area contributed by atoms with Gasteiger partial charge in [-0.1, -0.05) is 11.6 Å². The number of fused-ring (bicyclic) bond motifs is 1. The molecular weight excluding hydrogens is 338 g/mol. The number of hydrogen-bond acceptors (Lipinski definition) is 6. The summed E-state index contributed by atoms with van der Waals surface area (Å²) in [7, 11) is -1.32. The Labute approximate surface area is 139 Å². The minimum Gasteiger partial charge on any atom is -0.497 e. The van der Waals surface area contributed by atoms with Gasteiger partial charge in [0.25, 0.3) is 0 Å². The molecule has 0 radical (unpaired) electrons. The number of ether oxygens (including phenoxy) is 1. The Morgan fingerprint density at radius 3 is 2.96 bits per heavy atom. The van der Waals surface area contributed by atoms with Crippen LogP contribution in [0.3, 0.4) is 0 Å². The van der Waals surface area contributed by atoms with Crippen molar-refractivity contribution in [2.45, 2.75) is 12.5 Å². The van der Waals surface area contributed by atoms with E-state index in [0.717, 1.165) is 16.7 Å². The lowest BCUT2D eigenvalue weighted by Gasteiger charge is -2.07. The highest BCUT2D eigenvalue weighted by Gasteiger charge is 2.27.